The lowest BCUT2D eigenvalue weighted by atomic mass is 9.87. The summed E-state index contributed by atoms with van der Waals surface area (Å²) in [5.41, 5.74) is 4.31. The summed E-state index contributed by atoms with van der Waals surface area (Å²) in [5.74, 6) is 0.702. The highest BCUT2D eigenvalue weighted by Crippen LogP contribution is 2.32. The van der Waals surface area contributed by atoms with Crippen LogP contribution in [0.15, 0.2) is 18.2 Å². The zero-order valence-electron chi connectivity index (χ0n) is 13.8. The molecule has 2 atom stereocenters. The van der Waals surface area contributed by atoms with E-state index < -0.39 is 9.84 Å². The van der Waals surface area contributed by atoms with E-state index in [4.69, 9.17) is 0 Å². The van der Waals surface area contributed by atoms with Gasteiger partial charge in [-0.1, -0.05) is 6.92 Å². The van der Waals surface area contributed by atoms with Crippen molar-refractivity contribution in [2.45, 2.75) is 38.6 Å². The number of nitrogens with one attached hydrogen (secondary N) is 2. The molecule has 2 N–H and O–H groups in total. The van der Waals surface area contributed by atoms with Crippen LogP contribution in [0.3, 0.4) is 0 Å². The smallest absolute Gasteiger partial charge is 0.251 e. The number of rotatable bonds is 2. The average molecular weight is 346 g/mol. The Hall–Kier alpha value is -1.82. The van der Waals surface area contributed by atoms with E-state index in [0.29, 0.717) is 17.9 Å². The van der Waals surface area contributed by atoms with E-state index in [0.717, 1.165) is 23.7 Å². The second-order valence-electron chi connectivity index (χ2n) is 7.26. The van der Waals surface area contributed by atoms with Crippen LogP contribution >= 0.6 is 0 Å². The molecule has 2 aromatic rings. The zero-order chi connectivity index (χ0) is 16.9. The van der Waals surface area contributed by atoms with Crippen molar-refractivity contribution < 1.29 is 13.2 Å². The first-order valence-corrected chi connectivity index (χ1v) is 10.4. The number of benzene rings is 1. The normalized spacial score (nSPS) is 25.5. The van der Waals surface area contributed by atoms with Crippen LogP contribution in [-0.2, 0) is 22.7 Å². The maximum Gasteiger partial charge on any atom is 0.251 e. The second-order valence-corrected chi connectivity index (χ2v) is 9.49. The molecular formula is C18H22N2O3S. The fourth-order valence-corrected chi connectivity index (χ4v) is 5.58. The first-order valence-electron chi connectivity index (χ1n) is 8.56. The number of carbonyl (C=O) groups excluding carboxylic acids is 1. The lowest BCUT2D eigenvalue weighted by molar-refractivity contribution is 0.0941. The van der Waals surface area contributed by atoms with Gasteiger partial charge in [0.2, 0.25) is 0 Å². The van der Waals surface area contributed by atoms with E-state index >= 15 is 0 Å². The van der Waals surface area contributed by atoms with Gasteiger partial charge >= 0.3 is 0 Å². The van der Waals surface area contributed by atoms with Gasteiger partial charge in [-0.25, -0.2) is 8.42 Å². The minimum atomic E-state index is -2.99. The molecule has 128 valence electrons. The predicted octanol–water partition coefficient (Wildman–Crippen LogP) is 2.21. The molecule has 0 saturated carbocycles. The predicted molar refractivity (Wildman–Crippen MR) is 94.0 cm³/mol. The number of carbonyl (C=O) groups is 1. The molecule has 1 fully saturated rings. The molecule has 1 aromatic heterocycles. The molecule has 0 unspecified atom stereocenters. The number of sulfone groups is 1. The van der Waals surface area contributed by atoms with Crippen LogP contribution < -0.4 is 5.32 Å². The molecule has 1 aliphatic heterocycles. The van der Waals surface area contributed by atoms with Crippen molar-refractivity contribution in [2.75, 3.05) is 11.5 Å². The van der Waals surface area contributed by atoms with Gasteiger partial charge < -0.3 is 10.3 Å². The highest BCUT2D eigenvalue weighted by Gasteiger charge is 2.29. The molecule has 1 amide bonds. The van der Waals surface area contributed by atoms with E-state index in [2.05, 4.69) is 17.2 Å². The maximum absolute atomic E-state index is 12.5. The number of aromatic amines is 1. The Balaban J connectivity index is 1.60. The Morgan fingerprint density at radius 2 is 2.12 bits per heavy atom. The van der Waals surface area contributed by atoms with E-state index in [-0.39, 0.29) is 23.5 Å². The van der Waals surface area contributed by atoms with E-state index in [9.17, 15) is 13.2 Å². The van der Waals surface area contributed by atoms with Crippen LogP contribution in [-0.4, -0.2) is 36.9 Å². The van der Waals surface area contributed by atoms with Crippen molar-refractivity contribution in [1.82, 2.24) is 10.3 Å². The Morgan fingerprint density at radius 3 is 2.88 bits per heavy atom. The third-order valence-electron chi connectivity index (χ3n) is 5.26. The van der Waals surface area contributed by atoms with Gasteiger partial charge in [0, 0.05) is 28.2 Å². The summed E-state index contributed by atoms with van der Waals surface area (Å²) in [4.78, 5) is 16.0. The lowest BCUT2D eigenvalue weighted by Crippen LogP contribution is -2.35. The van der Waals surface area contributed by atoms with Gasteiger partial charge in [-0.05, 0) is 55.4 Å². The van der Waals surface area contributed by atoms with Gasteiger partial charge in [0.1, 0.15) is 0 Å². The Labute approximate surface area is 141 Å². The maximum atomic E-state index is 12.5. The number of fused-ring (bicyclic) bond motifs is 3. The van der Waals surface area contributed by atoms with E-state index in [1.54, 1.807) is 0 Å². The fraction of sp³-hybridized carbons (Fsp3) is 0.500. The molecule has 5 nitrogen and oxygen atoms in total. The highest BCUT2D eigenvalue weighted by atomic mass is 32.2. The molecule has 24 heavy (non-hydrogen) atoms. The van der Waals surface area contributed by atoms with Crippen molar-refractivity contribution in [2.24, 2.45) is 5.92 Å². The Bertz CT molecular complexity index is 914. The molecule has 0 spiro atoms. The van der Waals surface area contributed by atoms with Gasteiger partial charge in [-0.2, -0.15) is 0 Å². The van der Waals surface area contributed by atoms with Gasteiger partial charge in [-0.3, -0.25) is 4.79 Å². The summed E-state index contributed by atoms with van der Waals surface area (Å²) >= 11 is 0. The fourth-order valence-electron chi connectivity index (χ4n) is 3.91. The topological polar surface area (TPSA) is 79.0 Å². The summed E-state index contributed by atoms with van der Waals surface area (Å²) in [6, 6.07) is 5.45. The van der Waals surface area contributed by atoms with Gasteiger partial charge in [0.25, 0.3) is 5.91 Å². The number of aromatic nitrogens is 1. The molecule has 1 aromatic carbocycles. The third-order valence-corrected chi connectivity index (χ3v) is 7.03. The number of amides is 1. The van der Waals surface area contributed by atoms with Gasteiger partial charge in [-0.15, -0.1) is 0 Å². The molecule has 2 aliphatic rings. The van der Waals surface area contributed by atoms with Crippen LogP contribution in [0.2, 0.25) is 0 Å². The number of hydrogen-bond acceptors (Lipinski definition) is 3. The van der Waals surface area contributed by atoms with Crippen LogP contribution in [0, 0.1) is 5.92 Å². The van der Waals surface area contributed by atoms with Gasteiger partial charge in [0.15, 0.2) is 9.84 Å². The SMILES string of the molecule is C[C@H]1CCc2[nH]c3ccc(C(=O)N[C@@H]4CCS(=O)(=O)C4)cc3c2C1. The van der Waals surface area contributed by atoms with Crippen molar-refractivity contribution in [3.05, 3.63) is 35.0 Å². The van der Waals surface area contributed by atoms with Crippen LogP contribution in [0.4, 0.5) is 0 Å². The van der Waals surface area contributed by atoms with Crippen LogP contribution in [0.5, 0.6) is 0 Å². The second kappa shape index (κ2) is 5.62. The summed E-state index contributed by atoms with van der Waals surface area (Å²) in [6.45, 7) is 2.26. The lowest BCUT2D eigenvalue weighted by Gasteiger charge is -2.18. The summed E-state index contributed by atoms with van der Waals surface area (Å²) in [7, 11) is -2.99. The molecule has 0 bridgehead atoms. The Kier molecular flexibility index (Phi) is 3.67. The first kappa shape index (κ1) is 15.7. The summed E-state index contributed by atoms with van der Waals surface area (Å²) in [6.07, 6.45) is 3.81. The van der Waals surface area contributed by atoms with Gasteiger partial charge in [0.05, 0.1) is 11.5 Å². The van der Waals surface area contributed by atoms with Crippen LogP contribution in [0.25, 0.3) is 10.9 Å². The minimum absolute atomic E-state index is 0.0536. The average Bonchev–Trinajstić information content (AvgIpc) is 3.06. The number of hydrogen-bond donors (Lipinski definition) is 2. The van der Waals surface area contributed by atoms with Crippen molar-refractivity contribution >= 4 is 26.6 Å². The van der Waals surface area contributed by atoms with Crippen molar-refractivity contribution in [3.63, 3.8) is 0 Å². The number of aryl methyl sites for hydroxylation is 1. The monoisotopic (exact) mass is 346 g/mol. The zero-order valence-corrected chi connectivity index (χ0v) is 14.6. The largest absolute Gasteiger partial charge is 0.358 e. The number of H-pyrrole nitrogens is 1. The summed E-state index contributed by atoms with van der Waals surface area (Å²) in [5, 5.41) is 4.00. The standard InChI is InChI=1S/C18H22N2O3S/c1-11-2-4-16-14(8-11)15-9-12(3-5-17(15)20-16)18(21)19-13-6-7-24(22,23)10-13/h3,5,9,11,13,20H,2,4,6-8,10H2,1H3,(H,19,21)/t11-,13+/m0/s1. The molecule has 0 radical (unpaired) electrons. The van der Waals surface area contributed by atoms with E-state index in [1.165, 1.54) is 17.7 Å². The third kappa shape index (κ3) is 2.83. The first-order chi connectivity index (χ1) is 11.4. The molecule has 1 saturated heterocycles. The van der Waals surface area contributed by atoms with Crippen LogP contribution in [0.1, 0.15) is 41.4 Å². The molecule has 1 aliphatic carbocycles. The molecular weight excluding hydrogens is 324 g/mol. The minimum Gasteiger partial charge on any atom is -0.358 e. The highest BCUT2D eigenvalue weighted by molar-refractivity contribution is 7.91. The molecule has 6 heteroatoms. The van der Waals surface area contributed by atoms with Crippen molar-refractivity contribution in [1.29, 1.82) is 0 Å². The molecule has 4 rings (SSSR count). The van der Waals surface area contributed by atoms with Crippen molar-refractivity contribution in [3.8, 4) is 0 Å². The molecule has 2 heterocycles. The summed E-state index contributed by atoms with van der Waals surface area (Å²) < 4.78 is 23.1. The van der Waals surface area contributed by atoms with E-state index in [1.807, 2.05) is 18.2 Å². The quantitative estimate of drug-likeness (QED) is 0.875. The Morgan fingerprint density at radius 1 is 1.29 bits per heavy atom.